The predicted molar refractivity (Wildman–Crippen MR) is 131 cm³/mol. The van der Waals surface area contributed by atoms with Crippen molar-refractivity contribution in [1.82, 2.24) is 4.90 Å². The van der Waals surface area contributed by atoms with Gasteiger partial charge in [-0.2, -0.15) is 0 Å². The van der Waals surface area contributed by atoms with Gasteiger partial charge in [-0.25, -0.2) is 0 Å². The molecule has 0 saturated heterocycles. The third-order valence-electron chi connectivity index (χ3n) is 6.29. The minimum Gasteiger partial charge on any atom is -0.497 e. The van der Waals surface area contributed by atoms with Crippen molar-refractivity contribution in [3.8, 4) is 28.7 Å². The fourth-order valence-corrected chi connectivity index (χ4v) is 4.48. The molecule has 180 valence electrons. The number of ether oxygens (including phenoxy) is 5. The van der Waals surface area contributed by atoms with Crippen molar-refractivity contribution in [3.63, 3.8) is 0 Å². The van der Waals surface area contributed by atoms with E-state index >= 15 is 0 Å². The number of carbonyl (C=O) groups excluding carboxylic acids is 1. The van der Waals surface area contributed by atoms with E-state index in [0.29, 0.717) is 41.7 Å². The van der Waals surface area contributed by atoms with Gasteiger partial charge in [-0.05, 0) is 55.0 Å². The molecule has 35 heavy (non-hydrogen) atoms. The zero-order valence-corrected chi connectivity index (χ0v) is 20.2. The Morgan fingerprint density at radius 2 is 1.69 bits per heavy atom. The van der Waals surface area contributed by atoms with Crippen molar-refractivity contribution in [3.05, 3.63) is 82.1 Å². The van der Waals surface area contributed by atoms with Crippen molar-refractivity contribution in [2.75, 3.05) is 28.1 Å². The fourth-order valence-electron chi connectivity index (χ4n) is 4.48. The number of hydrogen-bond acceptors (Lipinski definition) is 7. The largest absolute Gasteiger partial charge is 0.497 e. The summed E-state index contributed by atoms with van der Waals surface area (Å²) < 4.78 is 28.2. The summed E-state index contributed by atoms with van der Waals surface area (Å²) >= 11 is 0. The highest BCUT2D eigenvalue weighted by Gasteiger charge is 2.33. The maximum atomic E-state index is 13.3. The Morgan fingerprint density at radius 1 is 0.943 bits per heavy atom. The number of ketones is 1. The molecule has 0 aliphatic carbocycles. The molecule has 0 spiro atoms. The summed E-state index contributed by atoms with van der Waals surface area (Å²) in [5, 5.41) is 0. The van der Waals surface area contributed by atoms with Crippen molar-refractivity contribution in [2.24, 2.45) is 0 Å². The number of hydrogen-bond donors (Lipinski definition) is 0. The summed E-state index contributed by atoms with van der Waals surface area (Å²) in [5.41, 5.74) is 4.21. The molecule has 0 aromatic heterocycles. The highest BCUT2D eigenvalue weighted by atomic mass is 16.5. The van der Waals surface area contributed by atoms with E-state index in [2.05, 4.69) is 4.90 Å². The molecule has 0 bridgehead atoms. The molecule has 3 aromatic carbocycles. The molecule has 2 heterocycles. The average molecular weight is 474 g/mol. The smallest absolute Gasteiger partial charge is 0.231 e. The van der Waals surface area contributed by atoms with Crippen molar-refractivity contribution in [1.29, 1.82) is 0 Å². The van der Waals surface area contributed by atoms with Gasteiger partial charge in [0.1, 0.15) is 35.5 Å². The molecule has 0 radical (unpaired) electrons. The Bertz CT molecular complexity index is 1310. The molecule has 2 aliphatic rings. The number of carbonyl (C=O) groups is 1. The Hall–Kier alpha value is -3.97. The van der Waals surface area contributed by atoms with Gasteiger partial charge in [-0.1, -0.05) is 12.1 Å². The fraction of sp³-hybridized carbons (Fsp3) is 0.250. The molecule has 0 saturated carbocycles. The summed E-state index contributed by atoms with van der Waals surface area (Å²) in [7, 11) is 4.84. The summed E-state index contributed by atoms with van der Waals surface area (Å²) in [6, 6.07) is 15.3. The van der Waals surface area contributed by atoms with Gasteiger partial charge < -0.3 is 23.7 Å². The number of benzene rings is 3. The Morgan fingerprint density at radius 3 is 2.40 bits per heavy atom. The summed E-state index contributed by atoms with van der Waals surface area (Å²) in [5.74, 6) is 3.52. The Labute approximate surface area is 204 Å². The third-order valence-corrected chi connectivity index (χ3v) is 6.29. The maximum absolute atomic E-state index is 13.3. The van der Waals surface area contributed by atoms with Gasteiger partial charge in [-0.15, -0.1) is 0 Å². The number of Topliss-reactive ketones (excluding diaryl/α,β-unsaturated/α-hetero) is 1. The molecular weight excluding hydrogens is 446 g/mol. The van der Waals surface area contributed by atoms with E-state index in [9.17, 15) is 4.79 Å². The van der Waals surface area contributed by atoms with E-state index in [1.807, 2.05) is 43.3 Å². The third kappa shape index (κ3) is 4.31. The zero-order chi connectivity index (χ0) is 24.5. The average Bonchev–Trinajstić information content (AvgIpc) is 3.19. The van der Waals surface area contributed by atoms with Crippen LogP contribution in [0.2, 0.25) is 0 Å². The minimum atomic E-state index is -0.164. The van der Waals surface area contributed by atoms with Crippen LogP contribution < -0.4 is 23.7 Å². The van der Waals surface area contributed by atoms with Crippen LogP contribution in [0.25, 0.3) is 6.08 Å². The van der Waals surface area contributed by atoms with Gasteiger partial charge in [0.05, 0.1) is 26.9 Å². The van der Waals surface area contributed by atoms with Crippen LogP contribution in [0, 0.1) is 6.92 Å². The second-order valence-corrected chi connectivity index (χ2v) is 8.52. The lowest BCUT2D eigenvalue weighted by molar-refractivity contribution is 0.0876. The normalized spacial score (nSPS) is 15.8. The van der Waals surface area contributed by atoms with Crippen molar-refractivity contribution < 1.29 is 28.5 Å². The summed E-state index contributed by atoms with van der Waals surface area (Å²) in [4.78, 5) is 15.5. The van der Waals surface area contributed by atoms with E-state index in [4.69, 9.17) is 23.7 Å². The SMILES string of the molecule is COc1ccc(CN2COc3c(cc4c(c3C)O/C(=C\c3cc(OC)ccc3OC)C4=O)C2)cc1. The van der Waals surface area contributed by atoms with Gasteiger partial charge in [0.15, 0.2) is 5.76 Å². The molecule has 5 rings (SSSR count). The molecule has 0 atom stereocenters. The number of methoxy groups -OCH3 is 3. The summed E-state index contributed by atoms with van der Waals surface area (Å²) in [6.45, 7) is 3.78. The minimum absolute atomic E-state index is 0.164. The molecule has 7 nitrogen and oxygen atoms in total. The highest BCUT2D eigenvalue weighted by molar-refractivity contribution is 6.15. The number of rotatable bonds is 6. The van der Waals surface area contributed by atoms with Crippen LogP contribution in [-0.4, -0.2) is 38.7 Å². The molecular formula is C28H27NO6. The Kier molecular flexibility index (Phi) is 6.09. The second kappa shape index (κ2) is 9.35. The van der Waals surface area contributed by atoms with Crippen molar-refractivity contribution >= 4 is 11.9 Å². The lowest BCUT2D eigenvalue weighted by Gasteiger charge is -2.30. The first-order valence-electron chi connectivity index (χ1n) is 11.3. The molecule has 0 N–H and O–H groups in total. The lowest BCUT2D eigenvalue weighted by Crippen LogP contribution is -2.32. The zero-order valence-electron chi connectivity index (χ0n) is 20.2. The summed E-state index contributed by atoms with van der Waals surface area (Å²) in [6.07, 6.45) is 1.69. The second-order valence-electron chi connectivity index (χ2n) is 8.52. The van der Waals surface area contributed by atoms with E-state index in [-0.39, 0.29) is 11.5 Å². The van der Waals surface area contributed by atoms with E-state index in [0.717, 1.165) is 34.7 Å². The first-order chi connectivity index (χ1) is 17.0. The molecule has 3 aromatic rings. The number of fused-ring (bicyclic) bond motifs is 2. The monoisotopic (exact) mass is 473 g/mol. The highest BCUT2D eigenvalue weighted by Crippen LogP contribution is 2.43. The number of allylic oxidation sites excluding steroid dienone is 1. The van der Waals surface area contributed by atoms with Gasteiger partial charge in [-0.3, -0.25) is 9.69 Å². The maximum Gasteiger partial charge on any atom is 0.231 e. The van der Waals surface area contributed by atoms with E-state index in [1.165, 1.54) is 0 Å². The van der Waals surface area contributed by atoms with Crippen LogP contribution in [0.4, 0.5) is 0 Å². The Balaban J connectivity index is 1.41. The van der Waals surface area contributed by atoms with Gasteiger partial charge in [0.25, 0.3) is 0 Å². The van der Waals surface area contributed by atoms with Crippen LogP contribution >= 0.6 is 0 Å². The van der Waals surface area contributed by atoms with Crippen LogP contribution in [0.5, 0.6) is 28.7 Å². The molecule has 7 heteroatoms. The quantitative estimate of drug-likeness (QED) is 0.467. The molecule has 2 aliphatic heterocycles. The lowest BCUT2D eigenvalue weighted by atomic mass is 9.99. The van der Waals surface area contributed by atoms with Crippen molar-refractivity contribution in [2.45, 2.75) is 20.0 Å². The standard InChI is InChI=1S/C28H27NO6/c1-17-27-20(15-29(16-34-27)14-18-5-7-21(31-2)8-6-18)12-23-26(30)25(35-28(17)23)13-19-11-22(32-3)9-10-24(19)33-4/h5-13H,14-16H2,1-4H3/b25-13-. The van der Waals surface area contributed by atoms with Gasteiger partial charge >= 0.3 is 0 Å². The topological polar surface area (TPSA) is 66.5 Å². The first kappa shape index (κ1) is 22.8. The van der Waals surface area contributed by atoms with E-state index < -0.39 is 0 Å². The van der Waals surface area contributed by atoms with Gasteiger partial charge in [0.2, 0.25) is 5.78 Å². The number of nitrogens with zero attached hydrogens (tertiary/aromatic N) is 1. The molecule has 0 amide bonds. The van der Waals surface area contributed by atoms with Crippen LogP contribution in [0.15, 0.2) is 54.3 Å². The van der Waals surface area contributed by atoms with Crippen LogP contribution in [0.3, 0.4) is 0 Å². The molecule has 0 fully saturated rings. The van der Waals surface area contributed by atoms with Crippen LogP contribution in [-0.2, 0) is 13.1 Å². The first-order valence-corrected chi connectivity index (χ1v) is 11.3. The van der Waals surface area contributed by atoms with Gasteiger partial charge in [0, 0.05) is 29.8 Å². The molecule has 0 unspecified atom stereocenters. The van der Waals surface area contributed by atoms with E-state index in [1.54, 1.807) is 39.5 Å². The van der Waals surface area contributed by atoms with Crippen LogP contribution in [0.1, 0.15) is 32.6 Å². The predicted octanol–water partition coefficient (Wildman–Crippen LogP) is 4.99.